The highest BCUT2D eigenvalue weighted by molar-refractivity contribution is 5.56. The standard InChI is InChI=1S/C14H19N5O2/c1-3-18(4-2)10-9-13-15-14(17-16-13)11-5-7-12(8-6-11)19(20)21/h5-8H,3-4,9-10H2,1-2H3,(H,15,16,17). The number of nitrogens with zero attached hydrogens (tertiary/aromatic N) is 4. The van der Waals surface area contributed by atoms with E-state index in [1.54, 1.807) is 12.1 Å². The molecule has 0 bridgehead atoms. The maximum atomic E-state index is 10.6. The molecule has 0 aliphatic heterocycles. The van der Waals surface area contributed by atoms with Gasteiger partial charge in [0.15, 0.2) is 5.82 Å². The van der Waals surface area contributed by atoms with Gasteiger partial charge in [0.05, 0.1) is 4.92 Å². The lowest BCUT2D eigenvalue weighted by molar-refractivity contribution is -0.384. The SMILES string of the molecule is CCN(CC)CCc1nc(-c2ccc([N+](=O)[O-])cc2)n[nH]1. The van der Waals surface area contributed by atoms with Crippen LogP contribution in [0, 0.1) is 10.1 Å². The van der Waals surface area contributed by atoms with Crippen LogP contribution >= 0.6 is 0 Å². The van der Waals surface area contributed by atoms with Crippen molar-refractivity contribution in [3.05, 3.63) is 40.2 Å². The van der Waals surface area contributed by atoms with Gasteiger partial charge in [-0.15, -0.1) is 0 Å². The van der Waals surface area contributed by atoms with Crippen LogP contribution in [0.2, 0.25) is 0 Å². The summed E-state index contributed by atoms with van der Waals surface area (Å²) in [6, 6.07) is 6.24. The molecule has 7 heteroatoms. The molecule has 0 saturated heterocycles. The van der Waals surface area contributed by atoms with Crippen molar-refractivity contribution < 1.29 is 4.92 Å². The summed E-state index contributed by atoms with van der Waals surface area (Å²) in [6.45, 7) is 7.22. The van der Waals surface area contributed by atoms with E-state index in [0.29, 0.717) is 5.82 Å². The Morgan fingerprint density at radius 2 is 1.90 bits per heavy atom. The average molecular weight is 289 g/mol. The summed E-state index contributed by atoms with van der Waals surface area (Å²) in [5.41, 5.74) is 0.835. The van der Waals surface area contributed by atoms with Gasteiger partial charge in [0, 0.05) is 30.7 Å². The van der Waals surface area contributed by atoms with Crippen molar-refractivity contribution in [1.29, 1.82) is 0 Å². The van der Waals surface area contributed by atoms with Crippen LogP contribution in [0.25, 0.3) is 11.4 Å². The Hall–Kier alpha value is -2.28. The summed E-state index contributed by atoms with van der Waals surface area (Å²) in [5, 5.41) is 17.7. The fourth-order valence-electron chi connectivity index (χ4n) is 2.07. The van der Waals surface area contributed by atoms with Crippen molar-refractivity contribution in [2.24, 2.45) is 0 Å². The third-order valence-electron chi connectivity index (χ3n) is 3.43. The normalized spacial score (nSPS) is 11.0. The first kappa shape index (κ1) is 15.1. The van der Waals surface area contributed by atoms with Crippen LogP contribution in [0.15, 0.2) is 24.3 Å². The van der Waals surface area contributed by atoms with Gasteiger partial charge in [0.25, 0.3) is 5.69 Å². The summed E-state index contributed by atoms with van der Waals surface area (Å²) in [4.78, 5) is 16.9. The molecule has 7 nitrogen and oxygen atoms in total. The van der Waals surface area contributed by atoms with E-state index in [-0.39, 0.29) is 5.69 Å². The molecule has 0 saturated carbocycles. The molecule has 1 heterocycles. The Morgan fingerprint density at radius 3 is 2.48 bits per heavy atom. The minimum atomic E-state index is -0.419. The minimum Gasteiger partial charge on any atom is -0.303 e. The Labute approximate surface area is 123 Å². The van der Waals surface area contributed by atoms with Crippen molar-refractivity contribution in [2.75, 3.05) is 19.6 Å². The predicted molar refractivity (Wildman–Crippen MR) is 80.0 cm³/mol. The third-order valence-corrected chi connectivity index (χ3v) is 3.43. The number of aromatic amines is 1. The van der Waals surface area contributed by atoms with E-state index in [2.05, 4.69) is 33.9 Å². The number of H-pyrrole nitrogens is 1. The zero-order valence-corrected chi connectivity index (χ0v) is 12.2. The molecule has 0 unspecified atom stereocenters. The lowest BCUT2D eigenvalue weighted by Crippen LogP contribution is -2.25. The van der Waals surface area contributed by atoms with Gasteiger partial charge in [-0.3, -0.25) is 15.2 Å². The van der Waals surface area contributed by atoms with Crippen molar-refractivity contribution in [3.8, 4) is 11.4 Å². The number of aromatic nitrogens is 3. The van der Waals surface area contributed by atoms with Crippen LogP contribution in [0.1, 0.15) is 19.7 Å². The zero-order chi connectivity index (χ0) is 15.2. The highest BCUT2D eigenvalue weighted by atomic mass is 16.6. The van der Waals surface area contributed by atoms with Gasteiger partial charge in [-0.1, -0.05) is 13.8 Å². The second-order valence-corrected chi connectivity index (χ2v) is 4.69. The number of likely N-dealkylation sites (N-methyl/N-ethyl adjacent to an activating group) is 1. The molecule has 0 amide bonds. The molecule has 2 aromatic rings. The van der Waals surface area contributed by atoms with Gasteiger partial charge in [-0.25, -0.2) is 4.98 Å². The lowest BCUT2D eigenvalue weighted by Gasteiger charge is -2.16. The summed E-state index contributed by atoms with van der Waals surface area (Å²) in [5.74, 6) is 1.40. The smallest absolute Gasteiger partial charge is 0.269 e. The van der Waals surface area contributed by atoms with E-state index in [1.165, 1.54) is 12.1 Å². The Bertz CT molecular complexity index is 590. The van der Waals surface area contributed by atoms with Crippen LogP contribution in [-0.2, 0) is 6.42 Å². The zero-order valence-electron chi connectivity index (χ0n) is 12.2. The highest BCUT2D eigenvalue weighted by Gasteiger charge is 2.09. The van der Waals surface area contributed by atoms with E-state index in [9.17, 15) is 10.1 Å². The number of nitro groups is 1. The van der Waals surface area contributed by atoms with Crippen LogP contribution in [0.3, 0.4) is 0 Å². The molecular weight excluding hydrogens is 270 g/mol. The van der Waals surface area contributed by atoms with Gasteiger partial charge in [0.1, 0.15) is 5.82 Å². The maximum absolute atomic E-state index is 10.6. The molecule has 21 heavy (non-hydrogen) atoms. The molecule has 0 spiro atoms. The fraction of sp³-hybridized carbons (Fsp3) is 0.429. The number of hydrogen-bond donors (Lipinski definition) is 1. The monoisotopic (exact) mass is 289 g/mol. The van der Waals surface area contributed by atoms with Crippen LogP contribution in [-0.4, -0.2) is 44.6 Å². The topological polar surface area (TPSA) is 87.9 Å². The first-order valence-corrected chi connectivity index (χ1v) is 7.02. The van der Waals surface area contributed by atoms with Crippen molar-refractivity contribution >= 4 is 5.69 Å². The maximum Gasteiger partial charge on any atom is 0.269 e. The highest BCUT2D eigenvalue weighted by Crippen LogP contribution is 2.19. The largest absolute Gasteiger partial charge is 0.303 e. The lowest BCUT2D eigenvalue weighted by atomic mass is 10.2. The second kappa shape index (κ2) is 6.94. The number of non-ortho nitro benzene ring substituents is 1. The quantitative estimate of drug-likeness (QED) is 0.624. The molecule has 1 N–H and O–H groups in total. The molecule has 0 atom stereocenters. The first-order chi connectivity index (χ1) is 10.1. The molecule has 0 aliphatic rings. The van der Waals surface area contributed by atoms with E-state index in [4.69, 9.17) is 0 Å². The number of benzene rings is 1. The molecule has 0 fully saturated rings. The van der Waals surface area contributed by atoms with Gasteiger partial charge >= 0.3 is 0 Å². The second-order valence-electron chi connectivity index (χ2n) is 4.69. The Kier molecular flexibility index (Phi) is 4.99. The minimum absolute atomic E-state index is 0.0658. The van der Waals surface area contributed by atoms with Crippen LogP contribution in [0.4, 0.5) is 5.69 Å². The summed E-state index contributed by atoms with van der Waals surface area (Å²) in [7, 11) is 0. The number of nitrogens with one attached hydrogen (secondary N) is 1. The molecule has 1 aromatic heterocycles. The summed E-state index contributed by atoms with van der Waals surface area (Å²) in [6.07, 6.45) is 0.807. The molecule has 1 aromatic carbocycles. The number of hydrogen-bond acceptors (Lipinski definition) is 5. The molecule has 0 aliphatic carbocycles. The average Bonchev–Trinajstić information content (AvgIpc) is 2.97. The van der Waals surface area contributed by atoms with Crippen molar-refractivity contribution in [2.45, 2.75) is 20.3 Å². The van der Waals surface area contributed by atoms with Crippen LogP contribution < -0.4 is 0 Å². The number of rotatable bonds is 7. The van der Waals surface area contributed by atoms with E-state index >= 15 is 0 Å². The fourth-order valence-corrected chi connectivity index (χ4v) is 2.07. The number of nitro benzene ring substituents is 1. The molecule has 0 radical (unpaired) electrons. The van der Waals surface area contributed by atoms with Crippen molar-refractivity contribution in [1.82, 2.24) is 20.1 Å². The van der Waals surface area contributed by atoms with Gasteiger partial charge in [0.2, 0.25) is 0 Å². The van der Waals surface area contributed by atoms with E-state index in [1.807, 2.05) is 0 Å². The molecular formula is C14H19N5O2. The Morgan fingerprint density at radius 1 is 1.24 bits per heavy atom. The summed E-state index contributed by atoms with van der Waals surface area (Å²) >= 11 is 0. The molecule has 112 valence electrons. The third kappa shape index (κ3) is 3.85. The molecule has 2 rings (SSSR count). The van der Waals surface area contributed by atoms with Gasteiger partial charge in [-0.05, 0) is 25.2 Å². The predicted octanol–water partition coefficient (Wildman–Crippen LogP) is 2.26. The van der Waals surface area contributed by atoms with E-state index < -0.39 is 4.92 Å². The Balaban J connectivity index is 2.03. The van der Waals surface area contributed by atoms with Crippen molar-refractivity contribution in [3.63, 3.8) is 0 Å². The first-order valence-electron chi connectivity index (χ1n) is 7.02. The van der Waals surface area contributed by atoms with Crippen LogP contribution in [0.5, 0.6) is 0 Å². The van der Waals surface area contributed by atoms with E-state index in [0.717, 1.165) is 37.4 Å². The van der Waals surface area contributed by atoms with Gasteiger partial charge < -0.3 is 4.90 Å². The van der Waals surface area contributed by atoms with Gasteiger partial charge in [-0.2, -0.15) is 5.10 Å². The summed E-state index contributed by atoms with van der Waals surface area (Å²) < 4.78 is 0.